The summed E-state index contributed by atoms with van der Waals surface area (Å²) in [4.78, 5) is 22.4. The molecule has 160 valence electrons. The molecule has 1 aliphatic heterocycles. The molecular weight excluding hydrogens is 382 g/mol. The van der Waals surface area contributed by atoms with Crippen molar-refractivity contribution in [3.63, 3.8) is 0 Å². The molecule has 0 spiro atoms. The number of nitrogens with zero attached hydrogens (tertiary/aromatic N) is 4. The molecule has 0 radical (unpaired) electrons. The first-order valence-electron chi connectivity index (χ1n) is 10.5. The van der Waals surface area contributed by atoms with Crippen molar-refractivity contribution in [2.75, 3.05) is 46.3 Å². The topological polar surface area (TPSA) is 87.6 Å². The predicted molar refractivity (Wildman–Crippen MR) is 115 cm³/mol. The van der Waals surface area contributed by atoms with E-state index in [1.165, 1.54) is 0 Å². The van der Waals surface area contributed by atoms with Crippen LogP contribution in [-0.2, 0) is 0 Å². The van der Waals surface area contributed by atoms with E-state index >= 15 is 0 Å². The van der Waals surface area contributed by atoms with Gasteiger partial charge in [-0.15, -0.1) is 0 Å². The number of likely N-dealkylation sites (N-methyl/N-ethyl adjacent to an activating group) is 1. The van der Waals surface area contributed by atoms with E-state index in [0.29, 0.717) is 34.6 Å². The smallest absolute Gasteiger partial charge is 0.259 e. The molecule has 1 N–H and O–H groups in total. The summed E-state index contributed by atoms with van der Waals surface area (Å²) in [6, 6.07) is 3.73. The molecule has 8 heteroatoms. The second-order valence-electron chi connectivity index (χ2n) is 8.08. The molecule has 0 aromatic carbocycles. The molecule has 1 aliphatic rings. The Morgan fingerprint density at radius 1 is 1.17 bits per heavy atom. The maximum absolute atomic E-state index is 13.0. The number of nitrogens with one attached hydrogen (secondary N) is 1. The highest BCUT2D eigenvalue weighted by Gasteiger charge is 2.21. The lowest BCUT2D eigenvalue weighted by Crippen LogP contribution is -2.45. The quantitative estimate of drug-likeness (QED) is 0.624. The summed E-state index contributed by atoms with van der Waals surface area (Å²) in [5.74, 6) is 1.42. The van der Waals surface area contributed by atoms with Gasteiger partial charge in [0.05, 0.1) is 22.3 Å². The molecule has 30 heavy (non-hydrogen) atoms. The number of fused-ring (bicyclic) bond motifs is 1. The van der Waals surface area contributed by atoms with Crippen molar-refractivity contribution in [2.45, 2.75) is 27.2 Å². The number of piperazine rings is 1. The highest BCUT2D eigenvalue weighted by atomic mass is 16.5. The van der Waals surface area contributed by atoms with Crippen LogP contribution in [0.1, 0.15) is 34.0 Å². The average Bonchev–Trinajstić information content (AvgIpc) is 3.27. The van der Waals surface area contributed by atoms with Crippen LogP contribution in [0.2, 0.25) is 0 Å². The summed E-state index contributed by atoms with van der Waals surface area (Å²) in [5, 5.41) is 7.73. The lowest BCUT2D eigenvalue weighted by molar-refractivity contribution is 0.0951. The molecule has 1 fully saturated rings. The molecule has 4 heterocycles. The van der Waals surface area contributed by atoms with E-state index in [-0.39, 0.29) is 5.91 Å². The number of aromatic nitrogens is 2. The van der Waals surface area contributed by atoms with Crippen LogP contribution in [0, 0.1) is 20.8 Å². The van der Waals surface area contributed by atoms with Gasteiger partial charge in [0.2, 0.25) is 0 Å². The lowest BCUT2D eigenvalue weighted by Gasteiger charge is -2.32. The van der Waals surface area contributed by atoms with E-state index in [1.807, 2.05) is 26.8 Å². The number of carbonyl (C=O) groups is 1. The first-order chi connectivity index (χ1) is 14.4. The molecule has 4 rings (SSSR count). The molecule has 8 nitrogen and oxygen atoms in total. The summed E-state index contributed by atoms with van der Waals surface area (Å²) in [5.41, 5.74) is 3.06. The van der Waals surface area contributed by atoms with Crippen molar-refractivity contribution in [3.05, 3.63) is 34.9 Å². The van der Waals surface area contributed by atoms with Gasteiger partial charge < -0.3 is 24.1 Å². The monoisotopic (exact) mass is 411 g/mol. The molecule has 0 atom stereocenters. The molecule has 0 aliphatic carbocycles. The fourth-order valence-corrected chi connectivity index (χ4v) is 3.97. The minimum Gasteiger partial charge on any atom is -0.466 e. The highest BCUT2D eigenvalue weighted by Crippen LogP contribution is 2.30. The maximum atomic E-state index is 13.0. The third-order valence-electron chi connectivity index (χ3n) is 5.71. The van der Waals surface area contributed by atoms with E-state index < -0.39 is 0 Å². The standard InChI is InChI=1S/C22H29N5O3/c1-14-12-17(16(3)29-14)19-13-18(20-15(2)25-30-22(20)24-19)21(28)23-6-5-7-27-10-8-26(4)9-11-27/h12-13H,5-11H2,1-4H3,(H,23,28). The second-order valence-corrected chi connectivity index (χ2v) is 8.08. The van der Waals surface area contributed by atoms with Crippen LogP contribution in [-0.4, -0.2) is 72.2 Å². The molecule has 1 amide bonds. The fraction of sp³-hybridized carbons (Fsp3) is 0.500. The maximum Gasteiger partial charge on any atom is 0.259 e. The van der Waals surface area contributed by atoms with Crippen LogP contribution in [0.5, 0.6) is 0 Å². The van der Waals surface area contributed by atoms with Crippen molar-refractivity contribution in [2.24, 2.45) is 0 Å². The van der Waals surface area contributed by atoms with Gasteiger partial charge in [-0.25, -0.2) is 4.98 Å². The highest BCUT2D eigenvalue weighted by molar-refractivity contribution is 6.07. The van der Waals surface area contributed by atoms with Crippen LogP contribution >= 0.6 is 0 Å². The Labute approximate surface area is 176 Å². The van der Waals surface area contributed by atoms with Gasteiger partial charge in [0, 0.05) is 38.3 Å². The first-order valence-corrected chi connectivity index (χ1v) is 10.5. The Morgan fingerprint density at radius 2 is 1.93 bits per heavy atom. The number of hydrogen-bond acceptors (Lipinski definition) is 7. The summed E-state index contributed by atoms with van der Waals surface area (Å²) in [6.07, 6.45) is 0.916. The van der Waals surface area contributed by atoms with E-state index in [9.17, 15) is 4.79 Å². The zero-order valence-electron chi connectivity index (χ0n) is 18.1. The number of amides is 1. The number of rotatable bonds is 6. The van der Waals surface area contributed by atoms with E-state index in [0.717, 1.165) is 56.2 Å². The summed E-state index contributed by atoms with van der Waals surface area (Å²) in [6.45, 7) is 11.6. The van der Waals surface area contributed by atoms with Crippen LogP contribution in [0.15, 0.2) is 21.1 Å². The molecule has 1 saturated heterocycles. The number of hydrogen-bond donors (Lipinski definition) is 1. The minimum atomic E-state index is -0.133. The van der Waals surface area contributed by atoms with Crippen molar-refractivity contribution >= 4 is 17.0 Å². The predicted octanol–water partition coefficient (Wildman–Crippen LogP) is 2.78. The minimum absolute atomic E-state index is 0.133. The average molecular weight is 412 g/mol. The van der Waals surface area contributed by atoms with Crippen LogP contribution in [0.3, 0.4) is 0 Å². The van der Waals surface area contributed by atoms with Crippen LogP contribution in [0.4, 0.5) is 0 Å². The van der Waals surface area contributed by atoms with E-state index in [1.54, 1.807) is 6.07 Å². The third-order valence-corrected chi connectivity index (χ3v) is 5.71. The van der Waals surface area contributed by atoms with Crippen molar-refractivity contribution in [3.8, 4) is 11.3 Å². The van der Waals surface area contributed by atoms with Gasteiger partial charge in [0.25, 0.3) is 11.6 Å². The van der Waals surface area contributed by atoms with Gasteiger partial charge in [-0.05, 0) is 52.9 Å². The normalized spacial score (nSPS) is 15.7. The van der Waals surface area contributed by atoms with Gasteiger partial charge in [-0.3, -0.25) is 4.79 Å². The molecule has 0 unspecified atom stereocenters. The Kier molecular flexibility index (Phi) is 5.87. The zero-order valence-corrected chi connectivity index (χ0v) is 18.1. The number of furan rings is 1. The van der Waals surface area contributed by atoms with Gasteiger partial charge in [0.15, 0.2) is 0 Å². The van der Waals surface area contributed by atoms with Crippen molar-refractivity contribution in [1.29, 1.82) is 0 Å². The van der Waals surface area contributed by atoms with Gasteiger partial charge in [-0.1, -0.05) is 5.16 Å². The number of aryl methyl sites for hydroxylation is 3. The Hall–Kier alpha value is -2.71. The van der Waals surface area contributed by atoms with E-state index in [4.69, 9.17) is 8.94 Å². The summed E-state index contributed by atoms with van der Waals surface area (Å²) >= 11 is 0. The molecule has 3 aromatic heterocycles. The molecular formula is C22H29N5O3. The SMILES string of the molecule is Cc1cc(-c2cc(C(=O)NCCCN3CCN(C)CC3)c3c(C)noc3n2)c(C)o1. The zero-order chi connectivity index (χ0) is 21.3. The van der Waals surface area contributed by atoms with Crippen molar-refractivity contribution < 1.29 is 13.7 Å². The summed E-state index contributed by atoms with van der Waals surface area (Å²) < 4.78 is 11.0. The van der Waals surface area contributed by atoms with E-state index in [2.05, 4.69) is 32.3 Å². The van der Waals surface area contributed by atoms with Crippen LogP contribution in [0.25, 0.3) is 22.4 Å². The fourth-order valence-electron chi connectivity index (χ4n) is 3.97. The molecule has 3 aromatic rings. The Balaban J connectivity index is 1.48. The van der Waals surface area contributed by atoms with Gasteiger partial charge in [0.1, 0.15) is 11.5 Å². The molecule has 0 bridgehead atoms. The third kappa shape index (κ3) is 4.24. The van der Waals surface area contributed by atoms with Crippen molar-refractivity contribution in [1.82, 2.24) is 25.3 Å². The summed E-state index contributed by atoms with van der Waals surface area (Å²) in [7, 11) is 2.15. The van der Waals surface area contributed by atoms with Gasteiger partial charge >= 0.3 is 0 Å². The Morgan fingerprint density at radius 3 is 2.63 bits per heavy atom. The number of pyridine rings is 1. The second kappa shape index (κ2) is 8.57. The molecule has 0 saturated carbocycles. The van der Waals surface area contributed by atoms with Crippen LogP contribution < -0.4 is 5.32 Å². The lowest BCUT2D eigenvalue weighted by atomic mass is 10.1. The first kappa shape index (κ1) is 20.6. The Bertz CT molecular complexity index is 1050. The van der Waals surface area contributed by atoms with Gasteiger partial charge in [-0.2, -0.15) is 0 Å². The number of carbonyl (C=O) groups excluding carboxylic acids is 1. The largest absolute Gasteiger partial charge is 0.466 e.